The maximum atomic E-state index is 13.0. The molecule has 1 aromatic heterocycles. The van der Waals surface area contributed by atoms with Gasteiger partial charge in [0.05, 0.1) is 17.6 Å². The van der Waals surface area contributed by atoms with Gasteiger partial charge < -0.3 is 19.9 Å². The van der Waals surface area contributed by atoms with E-state index in [4.69, 9.17) is 4.74 Å². The van der Waals surface area contributed by atoms with Crippen molar-refractivity contribution in [2.24, 2.45) is 5.92 Å². The quantitative estimate of drug-likeness (QED) is 0.536. The standard InChI is InChI=1S/C26H32N4O3/c1-17-6-8-22(13-18(17)2)33-12-10-27-25(31)14-20-5-4-11-30(16-20)26(32)21-7-9-23-24(15-21)29-19(3)28-23/h6-9,13,15,20H,4-5,10-12,14,16H2,1-3H3,(H,27,31)(H,28,29). The zero-order chi connectivity index (χ0) is 23.4. The number of carbonyl (C=O) groups is 2. The van der Waals surface area contributed by atoms with Gasteiger partial charge in [-0.05, 0) is 81.0 Å². The lowest BCUT2D eigenvalue weighted by atomic mass is 9.94. The number of benzene rings is 2. The normalized spacial score (nSPS) is 16.1. The molecule has 2 amide bonds. The predicted octanol–water partition coefficient (Wildman–Crippen LogP) is 3.93. The number of aryl methyl sites for hydroxylation is 3. The molecule has 1 atom stereocenters. The molecule has 2 N–H and O–H groups in total. The van der Waals surface area contributed by atoms with Gasteiger partial charge in [0.1, 0.15) is 18.2 Å². The molecule has 4 rings (SSSR count). The summed E-state index contributed by atoms with van der Waals surface area (Å²) >= 11 is 0. The van der Waals surface area contributed by atoms with Gasteiger partial charge in [0, 0.05) is 25.1 Å². The van der Waals surface area contributed by atoms with Crippen LogP contribution in [0.3, 0.4) is 0 Å². The van der Waals surface area contributed by atoms with Gasteiger partial charge in [-0.3, -0.25) is 9.59 Å². The first-order valence-electron chi connectivity index (χ1n) is 11.6. The van der Waals surface area contributed by atoms with Gasteiger partial charge in [-0.2, -0.15) is 0 Å². The van der Waals surface area contributed by atoms with Crippen molar-refractivity contribution in [3.63, 3.8) is 0 Å². The van der Waals surface area contributed by atoms with Crippen molar-refractivity contribution in [3.05, 3.63) is 58.9 Å². The van der Waals surface area contributed by atoms with E-state index in [1.165, 1.54) is 11.1 Å². The molecule has 2 aromatic carbocycles. The second-order valence-corrected chi connectivity index (χ2v) is 8.96. The lowest BCUT2D eigenvalue weighted by molar-refractivity contribution is -0.122. The molecule has 1 fully saturated rings. The molecule has 33 heavy (non-hydrogen) atoms. The zero-order valence-corrected chi connectivity index (χ0v) is 19.6. The molecule has 0 aliphatic carbocycles. The van der Waals surface area contributed by atoms with Crippen molar-refractivity contribution in [1.29, 1.82) is 0 Å². The number of nitrogens with one attached hydrogen (secondary N) is 2. The minimum Gasteiger partial charge on any atom is -0.492 e. The fourth-order valence-corrected chi connectivity index (χ4v) is 4.37. The number of amides is 2. The number of ether oxygens (including phenoxy) is 1. The number of hydrogen-bond donors (Lipinski definition) is 2. The maximum absolute atomic E-state index is 13.0. The summed E-state index contributed by atoms with van der Waals surface area (Å²) in [5, 5.41) is 2.95. The summed E-state index contributed by atoms with van der Waals surface area (Å²) in [4.78, 5) is 34.9. The van der Waals surface area contributed by atoms with E-state index in [0.717, 1.165) is 42.0 Å². The number of hydrogen-bond acceptors (Lipinski definition) is 4. The first-order valence-corrected chi connectivity index (χ1v) is 11.6. The van der Waals surface area contributed by atoms with Crippen LogP contribution in [0.5, 0.6) is 5.75 Å². The third-order valence-electron chi connectivity index (χ3n) is 6.30. The summed E-state index contributed by atoms with van der Waals surface area (Å²) in [6, 6.07) is 11.6. The number of nitrogens with zero attached hydrogens (tertiary/aromatic N) is 2. The van der Waals surface area contributed by atoms with Gasteiger partial charge in [-0.15, -0.1) is 0 Å². The molecular weight excluding hydrogens is 416 g/mol. The highest BCUT2D eigenvalue weighted by atomic mass is 16.5. The van der Waals surface area contributed by atoms with Gasteiger partial charge in [0.15, 0.2) is 0 Å². The second-order valence-electron chi connectivity index (χ2n) is 8.96. The van der Waals surface area contributed by atoms with E-state index in [2.05, 4.69) is 29.1 Å². The van der Waals surface area contributed by atoms with Gasteiger partial charge in [-0.1, -0.05) is 6.07 Å². The van der Waals surface area contributed by atoms with Crippen molar-refractivity contribution < 1.29 is 14.3 Å². The Kier molecular flexibility index (Phi) is 6.96. The number of carbonyl (C=O) groups excluding carboxylic acids is 2. The lowest BCUT2D eigenvalue weighted by Gasteiger charge is -2.32. The number of imidazole rings is 1. The van der Waals surface area contributed by atoms with Crippen molar-refractivity contribution >= 4 is 22.8 Å². The summed E-state index contributed by atoms with van der Waals surface area (Å²) in [7, 11) is 0. The Balaban J connectivity index is 1.24. The van der Waals surface area contributed by atoms with E-state index in [9.17, 15) is 9.59 Å². The van der Waals surface area contributed by atoms with Crippen molar-refractivity contribution in [2.45, 2.75) is 40.0 Å². The minimum absolute atomic E-state index is 0.00680. The van der Waals surface area contributed by atoms with Gasteiger partial charge in [0.25, 0.3) is 5.91 Å². The fraction of sp³-hybridized carbons (Fsp3) is 0.423. The molecule has 174 valence electrons. The average molecular weight is 449 g/mol. The average Bonchev–Trinajstić information content (AvgIpc) is 3.18. The second kappa shape index (κ2) is 10.1. The number of H-pyrrole nitrogens is 1. The fourth-order valence-electron chi connectivity index (χ4n) is 4.37. The van der Waals surface area contributed by atoms with E-state index >= 15 is 0 Å². The van der Waals surface area contributed by atoms with E-state index in [1.807, 2.05) is 48.2 Å². The maximum Gasteiger partial charge on any atom is 0.253 e. The van der Waals surface area contributed by atoms with E-state index in [-0.39, 0.29) is 17.7 Å². The number of piperidine rings is 1. The molecule has 0 radical (unpaired) electrons. The smallest absolute Gasteiger partial charge is 0.253 e. The Labute approximate surface area is 194 Å². The van der Waals surface area contributed by atoms with Gasteiger partial charge >= 0.3 is 0 Å². The predicted molar refractivity (Wildman–Crippen MR) is 128 cm³/mol. The monoisotopic (exact) mass is 448 g/mol. The highest BCUT2D eigenvalue weighted by Gasteiger charge is 2.26. The Hall–Kier alpha value is -3.35. The molecule has 0 bridgehead atoms. The molecule has 1 unspecified atom stereocenters. The number of likely N-dealkylation sites (tertiary alicyclic amines) is 1. The van der Waals surface area contributed by atoms with Gasteiger partial charge in [-0.25, -0.2) is 4.98 Å². The minimum atomic E-state index is 0.00680. The number of rotatable bonds is 7. The molecule has 1 aliphatic heterocycles. The molecule has 0 spiro atoms. The van der Waals surface area contributed by atoms with Crippen LogP contribution in [0, 0.1) is 26.7 Å². The Morgan fingerprint density at radius 1 is 1.15 bits per heavy atom. The van der Waals surface area contributed by atoms with Crippen LogP contribution >= 0.6 is 0 Å². The molecule has 2 heterocycles. The van der Waals surface area contributed by atoms with Crippen molar-refractivity contribution in [2.75, 3.05) is 26.2 Å². The van der Waals surface area contributed by atoms with Crippen LogP contribution in [0.2, 0.25) is 0 Å². The van der Waals surface area contributed by atoms with E-state index in [0.29, 0.717) is 31.7 Å². The van der Waals surface area contributed by atoms with E-state index < -0.39 is 0 Å². The SMILES string of the molecule is Cc1nc2ccc(C(=O)N3CCCC(CC(=O)NCCOc4ccc(C)c(C)c4)C3)cc2[nH]1. The van der Waals surface area contributed by atoms with Crippen LogP contribution in [0.4, 0.5) is 0 Å². The molecule has 1 aliphatic rings. The lowest BCUT2D eigenvalue weighted by Crippen LogP contribution is -2.41. The highest BCUT2D eigenvalue weighted by molar-refractivity contribution is 5.97. The Morgan fingerprint density at radius 3 is 2.82 bits per heavy atom. The third kappa shape index (κ3) is 5.72. The van der Waals surface area contributed by atoms with Crippen molar-refractivity contribution in [3.8, 4) is 5.75 Å². The van der Waals surface area contributed by atoms with Crippen LogP contribution in [0.25, 0.3) is 11.0 Å². The number of fused-ring (bicyclic) bond motifs is 1. The number of aromatic amines is 1. The molecule has 3 aromatic rings. The van der Waals surface area contributed by atoms with Crippen molar-refractivity contribution in [1.82, 2.24) is 20.2 Å². The van der Waals surface area contributed by atoms with Crippen LogP contribution in [-0.4, -0.2) is 52.9 Å². The third-order valence-corrected chi connectivity index (χ3v) is 6.30. The van der Waals surface area contributed by atoms with Crippen LogP contribution < -0.4 is 10.1 Å². The molecule has 7 heteroatoms. The first-order chi connectivity index (χ1) is 15.9. The largest absolute Gasteiger partial charge is 0.492 e. The zero-order valence-electron chi connectivity index (χ0n) is 19.6. The summed E-state index contributed by atoms with van der Waals surface area (Å²) in [5.74, 6) is 1.83. The van der Waals surface area contributed by atoms with Crippen LogP contribution in [0.1, 0.15) is 46.6 Å². The summed E-state index contributed by atoms with van der Waals surface area (Å²) < 4.78 is 5.74. The summed E-state index contributed by atoms with van der Waals surface area (Å²) in [6.45, 7) is 8.24. The molecular formula is C26H32N4O3. The summed E-state index contributed by atoms with van der Waals surface area (Å²) in [6.07, 6.45) is 2.28. The number of aromatic nitrogens is 2. The van der Waals surface area contributed by atoms with E-state index in [1.54, 1.807) is 0 Å². The molecule has 0 saturated carbocycles. The molecule has 1 saturated heterocycles. The summed E-state index contributed by atoms with van der Waals surface area (Å²) in [5.41, 5.74) is 4.80. The van der Waals surface area contributed by atoms with Crippen LogP contribution in [0.15, 0.2) is 36.4 Å². The Morgan fingerprint density at radius 2 is 2.00 bits per heavy atom. The van der Waals surface area contributed by atoms with Crippen LogP contribution in [-0.2, 0) is 4.79 Å². The van der Waals surface area contributed by atoms with Gasteiger partial charge in [0.2, 0.25) is 5.91 Å². The first kappa shape index (κ1) is 22.8. The Bertz CT molecular complexity index is 1150. The topological polar surface area (TPSA) is 87.3 Å². The highest BCUT2D eigenvalue weighted by Crippen LogP contribution is 2.23. The molecule has 7 nitrogen and oxygen atoms in total.